The summed E-state index contributed by atoms with van der Waals surface area (Å²) in [6, 6.07) is 9.34. The van der Waals surface area contributed by atoms with Gasteiger partial charge in [-0.15, -0.1) is 10.2 Å². The van der Waals surface area contributed by atoms with Gasteiger partial charge in [0.1, 0.15) is 16.8 Å². The number of nitrogens with one attached hydrogen (secondary N) is 2. The molecule has 1 fully saturated rings. The predicted molar refractivity (Wildman–Crippen MR) is 108 cm³/mol. The third kappa shape index (κ3) is 4.00. The maximum atomic E-state index is 12.0. The van der Waals surface area contributed by atoms with Crippen LogP contribution in [0.4, 0.5) is 5.82 Å². The molecule has 0 bridgehead atoms. The minimum Gasteiger partial charge on any atom is -0.354 e. The highest BCUT2D eigenvalue weighted by Gasteiger charge is 2.24. The Labute approximate surface area is 169 Å². The molecule has 10 nitrogen and oxygen atoms in total. The highest BCUT2D eigenvalue weighted by atomic mass is 32.2. The van der Waals surface area contributed by atoms with Gasteiger partial charge in [-0.3, -0.25) is 4.79 Å². The molecule has 2 atom stereocenters. The fraction of sp³-hybridized carbons (Fsp3) is 0.278. The average molecular weight is 412 g/mol. The first-order chi connectivity index (χ1) is 14.0. The standard InChI is InChI=1S/C18H20N8O2S/c1-11(27)21-13-7-8-26(10-13)16-6-5-12(9-20-16)14-3-2-4-15(29(19)28)17(14)18-22-24-25-23-18/h2-6,9,13H,7-8,10,19H2,1H3,(H,21,27)(H,22,23,24,25). The van der Waals surface area contributed by atoms with Gasteiger partial charge < -0.3 is 10.2 Å². The van der Waals surface area contributed by atoms with Crippen molar-refractivity contribution in [2.75, 3.05) is 18.0 Å². The van der Waals surface area contributed by atoms with Gasteiger partial charge in [-0.1, -0.05) is 12.1 Å². The first kappa shape index (κ1) is 19.2. The molecule has 3 heterocycles. The van der Waals surface area contributed by atoms with Crippen molar-refractivity contribution in [3.05, 3.63) is 36.5 Å². The lowest BCUT2D eigenvalue weighted by Gasteiger charge is -2.18. The van der Waals surface area contributed by atoms with Crippen LogP contribution in [0, 0.1) is 0 Å². The van der Waals surface area contributed by atoms with Crippen LogP contribution in [0.25, 0.3) is 22.5 Å². The molecule has 2 aromatic heterocycles. The van der Waals surface area contributed by atoms with Crippen molar-refractivity contribution < 1.29 is 9.00 Å². The number of aromatic nitrogens is 5. The molecule has 0 radical (unpaired) electrons. The number of pyridine rings is 1. The molecule has 11 heteroatoms. The van der Waals surface area contributed by atoms with Gasteiger partial charge in [0.15, 0.2) is 0 Å². The Morgan fingerprint density at radius 1 is 1.34 bits per heavy atom. The van der Waals surface area contributed by atoms with Crippen LogP contribution in [0.3, 0.4) is 0 Å². The van der Waals surface area contributed by atoms with Crippen LogP contribution in [-0.4, -0.2) is 54.9 Å². The molecule has 4 rings (SSSR count). The monoisotopic (exact) mass is 412 g/mol. The fourth-order valence-electron chi connectivity index (χ4n) is 3.54. The van der Waals surface area contributed by atoms with Crippen molar-refractivity contribution in [3.8, 4) is 22.5 Å². The van der Waals surface area contributed by atoms with E-state index in [9.17, 15) is 9.00 Å². The average Bonchev–Trinajstić information content (AvgIpc) is 3.39. The Balaban J connectivity index is 1.64. The van der Waals surface area contributed by atoms with Gasteiger partial charge in [-0.05, 0) is 35.4 Å². The Bertz CT molecular complexity index is 1040. The van der Waals surface area contributed by atoms with Crippen LogP contribution in [-0.2, 0) is 15.8 Å². The van der Waals surface area contributed by atoms with E-state index in [1.807, 2.05) is 18.2 Å². The van der Waals surface area contributed by atoms with E-state index >= 15 is 0 Å². The van der Waals surface area contributed by atoms with E-state index in [2.05, 4.69) is 35.8 Å². The molecule has 1 aliphatic heterocycles. The van der Waals surface area contributed by atoms with Crippen molar-refractivity contribution in [2.45, 2.75) is 24.3 Å². The predicted octanol–water partition coefficient (Wildman–Crippen LogP) is 0.625. The molecule has 0 spiro atoms. The van der Waals surface area contributed by atoms with Crippen molar-refractivity contribution in [3.63, 3.8) is 0 Å². The second-order valence-electron chi connectivity index (χ2n) is 6.75. The molecule has 1 aromatic carbocycles. The van der Waals surface area contributed by atoms with Gasteiger partial charge in [0.25, 0.3) is 0 Å². The first-order valence-corrected chi connectivity index (χ1v) is 10.3. The molecule has 0 saturated carbocycles. The summed E-state index contributed by atoms with van der Waals surface area (Å²) in [4.78, 5) is 18.4. The second kappa shape index (κ2) is 8.05. The topological polar surface area (TPSA) is 143 Å². The summed E-state index contributed by atoms with van der Waals surface area (Å²) in [6.07, 6.45) is 2.64. The molecular formula is C18H20N8O2S. The fourth-order valence-corrected chi connectivity index (χ4v) is 4.16. The third-order valence-corrected chi connectivity index (χ3v) is 5.56. The van der Waals surface area contributed by atoms with E-state index in [1.54, 1.807) is 18.3 Å². The van der Waals surface area contributed by atoms with Crippen molar-refractivity contribution >= 4 is 22.7 Å². The quantitative estimate of drug-likeness (QED) is 0.557. The number of nitrogens with zero attached hydrogens (tertiary/aromatic N) is 5. The molecule has 0 aliphatic carbocycles. The zero-order valence-electron chi connectivity index (χ0n) is 15.7. The van der Waals surface area contributed by atoms with Crippen LogP contribution < -0.4 is 15.4 Å². The van der Waals surface area contributed by atoms with Gasteiger partial charge in [0.2, 0.25) is 11.7 Å². The summed E-state index contributed by atoms with van der Waals surface area (Å²) < 4.78 is 12.0. The second-order valence-corrected chi connectivity index (χ2v) is 7.78. The van der Waals surface area contributed by atoms with Crippen LogP contribution in [0.2, 0.25) is 0 Å². The smallest absolute Gasteiger partial charge is 0.217 e. The molecule has 4 N–H and O–H groups in total. The molecular weight excluding hydrogens is 392 g/mol. The van der Waals surface area contributed by atoms with Gasteiger partial charge in [-0.2, -0.15) is 5.21 Å². The van der Waals surface area contributed by atoms with Crippen molar-refractivity contribution in [1.29, 1.82) is 0 Å². The minimum absolute atomic E-state index is 0.0219. The number of tetrazole rings is 1. The summed E-state index contributed by atoms with van der Waals surface area (Å²) in [5.41, 5.74) is 2.14. The van der Waals surface area contributed by atoms with Gasteiger partial charge in [-0.25, -0.2) is 14.3 Å². The van der Waals surface area contributed by atoms with E-state index in [-0.39, 0.29) is 11.9 Å². The van der Waals surface area contributed by atoms with E-state index < -0.39 is 11.0 Å². The van der Waals surface area contributed by atoms with E-state index in [0.717, 1.165) is 36.5 Å². The first-order valence-electron chi connectivity index (χ1n) is 9.04. The number of aromatic amines is 1. The molecule has 1 saturated heterocycles. The number of carbonyl (C=O) groups excluding carboxylic acids is 1. The minimum atomic E-state index is -1.71. The zero-order valence-corrected chi connectivity index (χ0v) is 16.5. The summed E-state index contributed by atoms with van der Waals surface area (Å²) in [6.45, 7) is 3.08. The lowest BCUT2D eigenvalue weighted by Crippen LogP contribution is -2.35. The van der Waals surface area contributed by atoms with Crippen LogP contribution in [0.5, 0.6) is 0 Å². The highest BCUT2D eigenvalue weighted by Crippen LogP contribution is 2.34. The largest absolute Gasteiger partial charge is 0.354 e. The lowest BCUT2D eigenvalue weighted by molar-refractivity contribution is -0.119. The van der Waals surface area contributed by atoms with Gasteiger partial charge >= 0.3 is 0 Å². The molecule has 150 valence electrons. The van der Waals surface area contributed by atoms with Crippen molar-refractivity contribution in [2.24, 2.45) is 5.14 Å². The Kier molecular flexibility index (Phi) is 5.32. The van der Waals surface area contributed by atoms with Crippen LogP contribution in [0.1, 0.15) is 13.3 Å². The number of H-pyrrole nitrogens is 1. The molecule has 29 heavy (non-hydrogen) atoms. The lowest BCUT2D eigenvalue weighted by atomic mass is 10.0. The molecule has 1 amide bonds. The van der Waals surface area contributed by atoms with E-state index in [1.165, 1.54) is 6.92 Å². The Morgan fingerprint density at radius 2 is 2.21 bits per heavy atom. The Morgan fingerprint density at radius 3 is 2.86 bits per heavy atom. The maximum absolute atomic E-state index is 12.0. The summed E-state index contributed by atoms with van der Waals surface area (Å²) in [7, 11) is -1.71. The van der Waals surface area contributed by atoms with E-state index in [0.29, 0.717) is 16.3 Å². The van der Waals surface area contributed by atoms with Gasteiger partial charge in [0, 0.05) is 43.4 Å². The van der Waals surface area contributed by atoms with Gasteiger partial charge in [0.05, 0.1) is 4.90 Å². The van der Waals surface area contributed by atoms with Crippen LogP contribution in [0.15, 0.2) is 41.4 Å². The number of benzene rings is 1. The molecule has 3 aromatic rings. The SMILES string of the molecule is CC(=O)NC1CCN(c2ccc(-c3cccc(S(N)=O)c3-c3nn[nH]n3)cn2)C1. The normalized spacial score (nSPS) is 17.3. The van der Waals surface area contributed by atoms with E-state index in [4.69, 9.17) is 5.14 Å². The number of nitrogens with two attached hydrogens (primary N) is 1. The number of anilines is 1. The number of hydrogen-bond donors (Lipinski definition) is 3. The summed E-state index contributed by atoms with van der Waals surface area (Å²) >= 11 is 0. The molecule has 1 aliphatic rings. The number of rotatable bonds is 5. The number of amides is 1. The van der Waals surface area contributed by atoms with Crippen LogP contribution >= 0.6 is 0 Å². The summed E-state index contributed by atoms with van der Waals surface area (Å²) in [5, 5.41) is 22.7. The molecule has 2 unspecified atom stereocenters. The Hall–Kier alpha value is -3.18. The zero-order chi connectivity index (χ0) is 20.4. The number of carbonyl (C=O) groups is 1. The summed E-state index contributed by atoms with van der Waals surface area (Å²) in [5.74, 6) is 1.13. The maximum Gasteiger partial charge on any atom is 0.217 e. The number of hydrogen-bond acceptors (Lipinski definition) is 7. The van der Waals surface area contributed by atoms with Crippen molar-refractivity contribution in [1.82, 2.24) is 30.9 Å². The highest BCUT2D eigenvalue weighted by molar-refractivity contribution is 7.82. The third-order valence-electron chi connectivity index (χ3n) is 4.79.